The van der Waals surface area contributed by atoms with Gasteiger partial charge in [0.15, 0.2) is 5.60 Å². The number of hydrogen-bond donors (Lipinski definition) is 2. The first-order valence-electron chi connectivity index (χ1n) is 9.12. The van der Waals surface area contributed by atoms with Gasteiger partial charge in [0.25, 0.3) is 0 Å². The van der Waals surface area contributed by atoms with Gasteiger partial charge in [0.05, 0.1) is 21.8 Å². The van der Waals surface area contributed by atoms with E-state index in [1.807, 2.05) is 6.92 Å². The van der Waals surface area contributed by atoms with Crippen LogP contribution in [0.1, 0.15) is 43.5 Å². The number of benzene rings is 2. The Morgan fingerprint density at radius 2 is 1.55 bits per heavy atom. The van der Waals surface area contributed by atoms with Crippen LogP contribution in [0.5, 0.6) is 0 Å². The molecule has 3 atom stereocenters. The maximum absolute atomic E-state index is 14.1. The summed E-state index contributed by atoms with van der Waals surface area (Å²) in [5.41, 5.74) is -1.72. The number of aliphatic hydroxyl groups is 1. The summed E-state index contributed by atoms with van der Waals surface area (Å²) in [5, 5.41) is 10.9. The molecule has 2 aromatic rings. The average Bonchev–Trinajstić information content (AvgIpc) is 2.64. The molecule has 0 aliphatic carbocycles. The molecule has 29 heavy (non-hydrogen) atoms. The molecule has 0 radical (unpaired) electrons. The minimum absolute atomic E-state index is 0.186. The number of alkyl halides is 3. The van der Waals surface area contributed by atoms with Gasteiger partial charge in [-0.2, -0.15) is 13.2 Å². The van der Waals surface area contributed by atoms with Gasteiger partial charge in [-0.1, -0.05) is 66.2 Å². The lowest BCUT2D eigenvalue weighted by Gasteiger charge is -2.37. The quantitative estimate of drug-likeness (QED) is 0.677. The molecule has 0 unspecified atom stereocenters. The molecule has 0 heterocycles. The van der Waals surface area contributed by atoms with Crippen LogP contribution in [-0.2, 0) is 11.0 Å². The molecule has 0 amide bonds. The van der Waals surface area contributed by atoms with E-state index in [-0.39, 0.29) is 5.56 Å². The van der Waals surface area contributed by atoms with E-state index in [4.69, 9.17) is 0 Å². The van der Waals surface area contributed by atoms with Crippen molar-refractivity contribution >= 4 is 17.1 Å². The number of hydrogen-bond acceptors (Lipinski definition) is 2. The van der Waals surface area contributed by atoms with E-state index in [1.165, 1.54) is 18.2 Å². The van der Waals surface area contributed by atoms with E-state index >= 15 is 0 Å². The van der Waals surface area contributed by atoms with Gasteiger partial charge in [-0.15, -0.1) is 0 Å². The molecule has 3 nitrogen and oxygen atoms in total. The third-order valence-corrected chi connectivity index (χ3v) is 5.98. The second-order valence-electron chi connectivity index (χ2n) is 7.91. The number of nitrogens with one attached hydrogen (secondary N) is 1. The molecular formula is C22H26F3NO2S. The highest BCUT2D eigenvalue weighted by Gasteiger charge is 2.58. The van der Waals surface area contributed by atoms with E-state index in [0.717, 1.165) is 11.6 Å². The molecule has 2 aromatic carbocycles. The molecule has 0 spiro atoms. The third-order valence-electron chi connectivity index (χ3n) is 4.42. The zero-order valence-electron chi connectivity index (χ0n) is 16.8. The van der Waals surface area contributed by atoms with Crippen molar-refractivity contribution in [1.29, 1.82) is 0 Å². The molecule has 2 N–H and O–H groups in total. The Morgan fingerprint density at radius 1 is 1.00 bits per heavy atom. The van der Waals surface area contributed by atoms with Crippen molar-refractivity contribution in [2.45, 2.75) is 50.3 Å². The molecule has 158 valence electrons. The van der Waals surface area contributed by atoms with Crippen LogP contribution in [-0.4, -0.2) is 25.8 Å². The van der Waals surface area contributed by atoms with Crippen molar-refractivity contribution in [3.8, 4) is 0 Å². The van der Waals surface area contributed by atoms with Gasteiger partial charge in [-0.25, -0.2) is 8.93 Å². The summed E-state index contributed by atoms with van der Waals surface area (Å²) in [6.45, 7) is 6.75. The van der Waals surface area contributed by atoms with Crippen molar-refractivity contribution in [1.82, 2.24) is 4.72 Å². The van der Waals surface area contributed by atoms with Gasteiger partial charge in [0.2, 0.25) is 0 Å². The molecule has 0 fully saturated rings. The van der Waals surface area contributed by atoms with Crippen LogP contribution in [0.3, 0.4) is 0 Å². The molecule has 2 rings (SSSR count). The maximum Gasteiger partial charge on any atom is 0.422 e. The summed E-state index contributed by atoms with van der Waals surface area (Å²) in [6.07, 6.45) is -3.07. The Balaban J connectivity index is 2.58. The van der Waals surface area contributed by atoms with Crippen molar-refractivity contribution in [3.05, 3.63) is 77.4 Å². The Hall–Kier alpha value is -1.96. The summed E-state index contributed by atoms with van der Waals surface area (Å²) in [4.78, 5) is 0. The van der Waals surface area contributed by atoms with Gasteiger partial charge >= 0.3 is 6.18 Å². The van der Waals surface area contributed by atoms with E-state index in [0.29, 0.717) is 5.56 Å². The molecule has 0 aliphatic heterocycles. The van der Waals surface area contributed by atoms with Crippen molar-refractivity contribution in [3.63, 3.8) is 0 Å². The molecule has 0 aliphatic rings. The molecule has 0 bridgehead atoms. The summed E-state index contributed by atoms with van der Waals surface area (Å²) >= 11 is 0. The minimum Gasteiger partial charge on any atom is -0.375 e. The molecule has 0 saturated heterocycles. The summed E-state index contributed by atoms with van der Waals surface area (Å²) in [7, 11) is -1.85. The number of halogens is 3. The largest absolute Gasteiger partial charge is 0.422 e. The smallest absolute Gasteiger partial charge is 0.375 e. The van der Waals surface area contributed by atoms with Crippen LogP contribution >= 0.6 is 0 Å². The Bertz CT molecular complexity index is 858. The first kappa shape index (κ1) is 23.3. The molecule has 7 heteroatoms. The van der Waals surface area contributed by atoms with Crippen LogP contribution in [0.4, 0.5) is 13.2 Å². The Morgan fingerprint density at radius 3 is 2.03 bits per heavy atom. The normalized spacial score (nSPS) is 17.1. The van der Waals surface area contributed by atoms with Crippen LogP contribution in [0.2, 0.25) is 0 Å². The summed E-state index contributed by atoms with van der Waals surface area (Å²) in [6, 6.07) is 13.0. The SMILES string of the molecule is Cc1ccc([C@H](N[S@](=O)C(C)(C)C)[C@](O)(/C=C/c2ccccc2)C(F)(F)F)cc1. The first-order valence-corrected chi connectivity index (χ1v) is 10.3. The molecule has 0 saturated carbocycles. The molecular weight excluding hydrogens is 399 g/mol. The second-order valence-corrected chi connectivity index (χ2v) is 9.91. The summed E-state index contributed by atoms with van der Waals surface area (Å²) in [5.74, 6) is 0. The van der Waals surface area contributed by atoms with E-state index in [1.54, 1.807) is 63.2 Å². The average molecular weight is 426 g/mol. The highest BCUT2D eigenvalue weighted by molar-refractivity contribution is 7.84. The highest BCUT2D eigenvalue weighted by atomic mass is 32.2. The Labute approximate surface area is 172 Å². The van der Waals surface area contributed by atoms with Crippen LogP contribution in [0.15, 0.2) is 60.7 Å². The fourth-order valence-corrected chi connectivity index (χ4v) is 3.48. The van der Waals surface area contributed by atoms with Crippen molar-refractivity contribution < 1.29 is 22.5 Å². The topological polar surface area (TPSA) is 49.3 Å². The number of rotatable bonds is 6. The first-order chi connectivity index (χ1) is 13.3. The predicted molar refractivity (Wildman–Crippen MR) is 111 cm³/mol. The zero-order valence-corrected chi connectivity index (χ0v) is 17.6. The molecule has 0 aromatic heterocycles. The van der Waals surface area contributed by atoms with Gasteiger partial charge in [-0.05, 0) is 44.9 Å². The van der Waals surface area contributed by atoms with E-state index in [9.17, 15) is 22.5 Å². The summed E-state index contributed by atoms with van der Waals surface area (Å²) < 4.78 is 56.8. The lowest BCUT2D eigenvalue weighted by molar-refractivity contribution is -0.248. The highest BCUT2D eigenvalue weighted by Crippen LogP contribution is 2.42. The minimum atomic E-state index is -5.01. The fraction of sp³-hybridized carbons (Fsp3) is 0.364. The van der Waals surface area contributed by atoms with Crippen molar-refractivity contribution in [2.24, 2.45) is 0 Å². The van der Waals surface area contributed by atoms with Gasteiger partial charge < -0.3 is 5.11 Å². The van der Waals surface area contributed by atoms with E-state index in [2.05, 4.69) is 4.72 Å². The second kappa shape index (κ2) is 8.81. The standard InChI is InChI=1S/C22H26F3NO2S/c1-16-10-12-18(13-11-16)19(26-29(28)20(2,3)4)21(27,22(23,24)25)15-14-17-8-6-5-7-9-17/h5-15,19,26-27H,1-4H3/b15-14+/t19-,21+,29+/m0/s1. The lowest BCUT2D eigenvalue weighted by atomic mass is 9.87. The monoisotopic (exact) mass is 425 g/mol. The van der Waals surface area contributed by atoms with Crippen LogP contribution < -0.4 is 4.72 Å². The van der Waals surface area contributed by atoms with Crippen molar-refractivity contribution in [2.75, 3.05) is 0 Å². The maximum atomic E-state index is 14.1. The van der Waals surface area contributed by atoms with E-state index < -0.39 is 33.6 Å². The third kappa shape index (κ3) is 5.78. The van der Waals surface area contributed by atoms with Crippen LogP contribution in [0.25, 0.3) is 6.08 Å². The predicted octanol–water partition coefficient (Wildman–Crippen LogP) is 5.09. The van der Waals surface area contributed by atoms with Gasteiger partial charge in [0.1, 0.15) is 0 Å². The van der Waals surface area contributed by atoms with Gasteiger partial charge in [-0.3, -0.25) is 0 Å². The van der Waals surface area contributed by atoms with Gasteiger partial charge in [0, 0.05) is 0 Å². The number of aryl methyl sites for hydroxylation is 1. The fourth-order valence-electron chi connectivity index (χ4n) is 2.60. The zero-order chi connectivity index (χ0) is 21.9. The lowest BCUT2D eigenvalue weighted by Crippen LogP contribution is -2.55. The van der Waals surface area contributed by atoms with Crippen LogP contribution in [0, 0.1) is 6.92 Å². The Kier molecular flexibility index (Phi) is 7.09.